The van der Waals surface area contributed by atoms with Crippen LogP contribution in [0.15, 0.2) is 27.4 Å². The SMILES string of the molecule is Cc1cscc1CNCc1c(F)ccc(Br)c1F. The summed E-state index contributed by atoms with van der Waals surface area (Å²) in [5.41, 5.74) is 2.43. The lowest BCUT2D eigenvalue weighted by Crippen LogP contribution is -2.15. The molecular formula is C13H12BrF2NS. The lowest BCUT2D eigenvalue weighted by molar-refractivity contribution is 0.531. The maximum atomic E-state index is 13.7. The molecule has 0 fully saturated rings. The summed E-state index contributed by atoms with van der Waals surface area (Å²) >= 11 is 4.68. The summed E-state index contributed by atoms with van der Waals surface area (Å²) < 4.78 is 27.4. The zero-order valence-corrected chi connectivity index (χ0v) is 12.2. The van der Waals surface area contributed by atoms with E-state index in [2.05, 4.69) is 26.6 Å². The predicted molar refractivity (Wildman–Crippen MR) is 73.7 cm³/mol. The first-order valence-electron chi connectivity index (χ1n) is 5.44. The van der Waals surface area contributed by atoms with Crippen LogP contribution >= 0.6 is 27.3 Å². The van der Waals surface area contributed by atoms with E-state index in [-0.39, 0.29) is 16.6 Å². The van der Waals surface area contributed by atoms with Crippen molar-refractivity contribution < 1.29 is 8.78 Å². The number of thiophene rings is 1. The summed E-state index contributed by atoms with van der Waals surface area (Å²) in [6, 6.07) is 2.64. The summed E-state index contributed by atoms with van der Waals surface area (Å²) in [6.07, 6.45) is 0. The van der Waals surface area contributed by atoms with Gasteiger partial charge >= 0.3 is 0 Å². The molecule has 1 nitrogen and oxygen atoms in total. The van der Waals surface area contributed by atoms with E-state index in [1.807, 2.05) is 12.3 Å². The number of hydrogen-bond acceptors (Lipinski definition) is 2. The van der Waals surface area contributed by atoms with E-state index in [1.54, 1.807) is 11.3 Å². The van der Waals surface area contributed by atoms with Crippen LogP contribution in [0.3, 0.4) is 0 Å². The molecule has 1 aromatic heterocycles. The number of aryl methyl sites for hydroxylation is 1. The van der Waals surface area contributed by atoms with Gasteiger partial charge in [0.25, 0.3) is 0 Å². The van der Waals surface area contributed by atoms with Crippen molar-refractivity contribution in [2.75, 3.05) is 0 Å². The first-order chi connectivity index (χ1) is 8.59. The van der Waals surface area contributed by atoms with Crippen molar-refractivity contribution in [2.24, 2.45) is 0 Å². The number of benzene rings is 1. The average Bonchev–Trinajstić information content (AvgIpc) is 2.74. The highest BCUT2D eigenvalue weighted by Gasteiger charge is 2.11. The molecule has 96 valence electrons. The van der Waals surface area contributed by atoms with Crippen LogP contribution in [0, 0.1) is 18.6 Å². The van der Waals surface area contributed by atoms with Crippen LogP contribution in [0.25, 0.3) is 0 Å². The van der Waals surface area contributed by atoms with Crippen LogP contribution in [0.4, 0.5) is 8.78 Å². The molecule has 0 aliphatic heterocycles. The van der Waals surface area contributed by atoms with Crippen molar-refractivity contribution >= 4 is 27.3 Å². The molecular weight excluding hydrogens is 320 g/mol. The van der Waals surface area contributed by atoms with Crippen LogP contribution in [0.1, 0.15) is 16.7 Å². The Balaban J connectivity index is 2.03. The molecule has 0 aliphatic rings. The first kappa shape index (κ1) is 13.6. The van der Waals surface area contributed by atoms with Crippen molar-refractivity contribution in [1.82, 2.24) is 5.32 Å². The largest absolute Gasteiger partial charge is 0.308 e. The number of hydrogen-bond donors (Lipinski definition) is 1. The third kappa shape index (κ3) is 2.96. The van der Waals surface area contributed by atoms with Gasteiger partial charge in [-0.1, -0.05) is 0 Å². The lowest BCUT2D eigenvalue weighted by Gasteiger charge is -2.08. The highest BCUT2D eigenvalue weighted by atomic mass is 79.9. The molecule has 18 heavy (non-hydrogen) atoms. The molecule has 5 heteroatoms. The Labute approximate surface area is 117 Å². The molecule has 1 N–H and O–H groups in total. The Kier molecular flexibility index (Phi) is 4.48. The van der Waals surface area contributed by atoms with Gasteiger partial charge in [0.2, 0.25) is 0 Å². The number of nitrogens with one attached hydrogen (secondary N) is 1. The van der Waals surface area contributed by atoms with Gasteiger partial charge in [0.15, 0.2) is 0 Å². The summed E-state index contributed by atoms with van der Waals surface area (Å²) in [4.78, 5) is 0. The maximum Gasteiger partial charge on any atom is 0.144 e. The summed E-state index contributed by atoms with van der Waals surface area (Å²) in [5.74, 6) is -1.06. The Hall–Kier alpha value is -0.780. The van der Waals surface area contributed by atoms with Gasteiger partial charge < -0.3 is 5.32 Å². The highest BCUT2D eigenvalue weighted by Crippen LogP contribution is 2.21. The van der Waals surface area contributed by atoms with E-state index in [0.717, 1.165) is 5.56 Å². The number of halogens is 3. The monoisotopic (exact) mass is 331 g/mol. The van der Waals surface area contributed by atoms with Crippen molar-refractivity contribution in [3.05, 3.63) is 55.7 Å². The Morgan fingerprint density at radius 2 is 2.00 bits per heavy atom. The topological polar surface area (TPSA) is 12.0 Å². The van der Waals surface area contributed by atoms with E-state index in [9.17, 15) is 8.78 Å². The second kappa shape index (κ2) is 5.91. The fourth-order valence-corrected chi connectivity index (χ4v) is 2.85. The molecule has 0 aliphatic carbocycles. The average molecular weight is 332 g/mol. The van der Waals surface area contributed by atoms with Gasteiger partial charge in [-0.2, -0.15) is 11.3 Å². The summed E-state index contributed by atoms with van der Waals surface area (Å²) in [7, 11) is 0. The zero-order chi connectivity index (χ0) is 13.1. The normalized spacial score (nSPS) is 10.9. The molecule has 0 amide bonds. The molecule has 0 saturated carbocycles. The molecule has 1 aromatic carbocycles. The van der Waals surface area contributed by atoms with Crippen LogP contribution in [0.2, 0.25) is 0 Å². The summed E-state index contributed by atoms with van der Waals surface area (Å²) in [5, 5.41) is 7.15. The molecule has 2 rings (SSSR count). The third-order valence-corrected chi connectivity index (χ3v) is 4.24. The smallest absolute Gasteiger partial charge is 0.144 e. The van der Waals surface area contributed by atoms with Gasteiger partial charge in [-0.25, -0.2) is 8.78 Å². The minimum Gasteiger partial charge on any atom is -0.308 e. The van der Waals surface area contributed by atoms with Gasteiger partial charge in [-0.15, -0.1) is 0 Å². The van der Waals surface area contributed by atoms with Crippen molar-refractivity contribution in [1.29, 1.82) is 0 Å². The quantitative estimate of drug-likeness (QED) is 0.819. The first-order valence-corrected chi connectivity index (χ1v) is 7.18. The standard InChI is InChI=1S/C13H12BrF2NS/c1-8-6-18-7-9(8)4-17-5-10-12(15)3-2-11(14)13(10)16/h2-3,6-7,17H,4-5H2,1H3. The minimum atomic E-state index is -0.537. The van der Waals surface area contributed by atoms with Gasteiger partial charge in [-0.05, 0) is 56.9 Å². The molecule has 0 unspecified atom stereocenters. The third-order valence-electron chi connectivity index (χ3n) is 2.72. The van der Waals surface area contributed by atoms with E-state index in [0.29, 0.717) is 6.54 Å². The highest BCUT2D eigenvalue weighted by molar-refractivity contribution is 9.10. The molecule has 0 atom stereocenters. The fourth-order valence-electron chi connectivity index (χ4n) is 1.62. The van der Waals surface area contributed by atoms with Gasteiger partial charge in [0.1, 0.15) is 11.6 Å². The van der Waals surface area contributed by atoms with Gasteiger partial charge in [0.05, 0.1) is 4.47 Å². The van der Waals surface area contributed by atoms with E-state index < -0.39 is 11.6 Å². The van der Waals surface area contributed by atoms with Crippen molar-refractivity contribution in [3.63, 3.8) is 0 Å². The van der Waals surface area contributed by atoms with Crippen LogP contribution in [0.5, 0.6) is 0 Å². The summed E-state index contributed by atoms with van der Waals surface area (Å²) in [6.45, 7) is 2.81. The minimum absolute atomic E-state index is 0.0669. The van der Waals surface area contributed by atoms with Crippen LogP contribution in [-0.4, -0.2) is 0 Å². The molecule has 0 bridgehead atoms. The van der Waals surface area contributed by atoms with Gasteiger partial charge in [-0.3, -0.25) is 0 Å². The van der Waals surface area contributed by atoms with Crippen molar-refractivity contribution in [2.45, 2.75) is 20.0 Å². The molecule has 0 radical (unpaired) electrons. The molecule has 0 spiro atoms. The van der Waals surface area contributed by atoms with Crippen molar-refractivity contribution in [3.8, 4) is 0 Å². The van der Waals surface area contributed by atoms with Gasteiger partial charge in [0, 0.05) is 18.7 Å². The Morgan fingerprint density at radius 1 is 1.22 bits per heavy atom. The second-order valence-electron chi connectivity index (χ2n) is 4.01. The van der Waals surface area contributed by atoms with E-state index in [1.165, 1.54) is 17.7 Å². The zero-order valence-electron chi connectivity index (χ0n) is 9.77. The van der Waals surface area contributed by atoms with Crippen LogP contribution < -0.4 is 5.32 Å². The fraction of sp³-hybridized carbons (Fsp3) is 0.231. The predicted octanol–water partition coefficient (Wildman–Crippen LogP) is 4.39. The van der Waals surface area contributed by atoms with E-state index >= 15 is 0 Å². The Morgan fingerprint density at radius 3 is 2.67 bits per heavy atom. The molecule has 1 heterocycles. The van der Waals surface area contributed by atoms with E-state index in [4.69, 9.17) is 0 Å². The maximum absolute atomic E-state index is 13.7. The second-order valence-corrected chi connectivity index (χ2v) is 5.60. The van der Waals surface area contributed by atoms with Crippen LogP contribution in [-0.2, 0) is 13.1 Å². The molecule has 0 saturated heterocycles. The Bertz CT molecular complexity index is 554. The molecule has 2 aromatic rings. The number of rotatable bonds is 4. The lowest BCUT2D eigenvalue weighted by atomic mass is 10.2.